The lowest BCUT2D eigenvalue weighted by Gasteiger charge is -2.18. The van der Waals surface area contributed by atoms with Gasteiger partial charge in [0.2, 0.25) is 6.33 Å². The number of rotatable bonds is 3. The van der Waals surface area contributed by atoms with Gasteiger partial charge in [-0.25, -0.2) is 0 Å². The molecule has 1 aromatic heterocycles. The Morgan fingerprint density at radius 2 is 2.43 bits per heavy atom. The molecule has 0 aliphatic carbocycles. The molecule has 0 unspecified atom stereocenters. The lowest BCUT2D eigenvalue weighted by molar-refractivity contribution is -0.389. The Morgan fingerprint density at radius 3 is 2.86 bits per heavy atom. The molecule has 0 saturated heterocycles. The van der Waals surface area contributed by atoms with Gasteiger partial charge in [0.05, 0.1) is 11.8 Å². The second-order valence-corrected chi connectivity index (χ2v) is 3.29. The van der Waals surface area contributed by atoms with Crippen LogP contribution in [0.1, 0.15) is 13.8 Å². The number of nitrogens with zero attached hydrogens (tertiary/aromatic N) is 4. The van der Waals surface area contributed by atoms with Gasteiger partial charge in [0.25, 0.3) is 0 Å². The second kappa shape index (κ2) is 3.44. The number of aromatic nitrogens is 2. The maximum atomic E-state index is 10.3. The molecule has 0 radical (unpaired) electrons. The van der Waals surface area contributed by atoms with Gasteiger partial charge in [-0.05, 0) is 23.8 Å². The molecule has 0 amide bonds. The third-order valence-corrected chi connectivity index (χ3v) is 1.80. The Hall–Kier alpha value is -1.92. The fraction of sp³-hybridized carbons (Fsp3) is 0.429. The Kier molecular flexibility index (Phi) is 2.50. The summed E-state index contributed by atoms with van der Waals surface area (Å²) >= 11 is 0. The minimum absolute atomic E-state index is 0.232. The molecule has 76 valence electrons. The SMILES string of the molecule is CC(C)(C=NO)n1cnc([N+](=O)[O-])c1. The molecule has 7 heteroatoms. The zero-order valence-electron chi connectivity index (χ0n) is 7.78. The third kappa shape index (κ3) is 1.87. The van der Waals surface area contributed by atoms with Gasteiger partial charge < -0.3 is 15.3 Å². The van der Waals surface area contributed by atoms with Gasteiger partial charge in [0, 0.05) is 0 Å². The normalized spacial score (nSPS) is 12.1. The van der Waals surface area contributed by atoms with Gasteiger partial charge in [-0.15, -0.1) is 0 Å². The monoisotopic (exact) mass is 198 g/mol. The highest BCUT2D eigenvalue weighted by atomic mass is 16.6. The van der Waals surface area contributed by atoms with E-state index in [1.54, 1.807) is 13.8 Å². The molecular weight excluding hydrogens is 188 g/mol. The Labute approximate surface area is 79.8 Å². The zero-order valence-corrected chi connectivity index (χ0v) is 7.78. The molecule has 0 aromatic carbocycles. The highest BCUT2D eigenvalue weighted by Gasteiger charge is 2.22. The molecule has 0 atom stereocenters. The van der Waals surface area contributed by atoms with Crippen LogP contribution in [0.2, 0.25) is 0 Å². The van der Waals surface area contributed by atoms with Crippen molar-refractivity contribution in [2.75, 3.05) is 0 Å². The fourth-order valence-corrected chi connectivity index (χ4v) is 0.930. The van der Waals surface area contributed by atoms with E-state index in [1.807, 2.05) is 0 Å². The van der Waals surface area contributed by atoms with Gasteiger partial charge in [0.15, 0.2) is 0 Å². The van der Waals surface area contributed by atoms with Gasteiger partial charge in [-0.2, -0.15) is 0 Å². The molecule has 1 N–H and O–H groups in total. The van der Waals surface area contributed by atoms with Crippen molar-refractivity contribution in [3.05, 3.63) is 22.6 Å². The first-order chi connectivity index (χ1) is 6.47. The minimum atomic E-state index is -0.643. The first kappa shape index (κ1) is 10.2. The number of hydrogen-bond donors (Lipinski definition) is 1. The molecule has 0 fully saturated rings. The summed E-state index contributed by atoms with van der Waals surface area (Å²) in [4.78, 5) is 13.3. The summed E-state index contributed by atoms with van der Waals surface area (Å²) in [5.41, 5.74) is -0.643. The molecule has 0 bridgehead atoms. The van der Waals surface area contributed by atoms with Crippen molar-refractivity contribution in [2.45, 2.75) is 19.4 Å². The summed E-state index contributed by atoms with van der Waals surface area (Å²) in [6.45, 7) is 3.47. The first-order valence-electron chi connectivity index (χ1n) is 3.85. The molecule has 0 aliphatic heterocycles. The van der Waals surface area contributed by atoms with E-state index in [0.29, 0.717) is 0 Å². The standard InChI is InChI=1S/C7H10N4O3/c1-7(2,4-9-12)10-3-6(8-5-10)11(13)14/h3-5,12H,1-2H3. The van der Waals surface area contributed by atoms with Crippen molar-refractivity contribution in [3.63, 3.8) is 0 Å². The van der Waals surface area contributed by atoms with E-state index in [0.717, 1.165) is 0 Å². The van der Waals surface area contributed by atoms with E-state index in [2.05, 4.69) is 10.1 Å². The van der Waals surface area contributed by atoms with Gasteiger partial charge in [-0.3, -0.25) is 4.57 Å². The molecule has 1 rings (SSSR count). The van der Waals surface area contributed by atoms with Crippen LogP contribution in [0.3, 0.4) is 0 Å². The molecule has 0 aliphatic rings. The molecule has 1 heterocycles. The average molecular weight is 198 g/mol. The predicted molar refractivity (Wildman–Crippen MR) is 48.5 cm³/mol. The minimum Gasteiger partial charge on any atom is -0.411 e. The number of imidazole rings is 1. The molecule has 7 nitrogen and oxygen atoms in total. The van der Waals surface area contributed by atoms with Crippen molar-refractivity contribution in [3.8, 4) is 0 Å². The van der Waals surface area contributed by atoms with E-state index in [-0.39, 0.29) is 5.82 Å². The van der Waals surface area contributed by atoms with Gasteiger partial charge in [0.1, 0.15) is 6.20 Å². The molecule has 1 aromatic rings. The van der Waals surface area contributed by atoms with Crippen LogP contribution in [0.25, 0.3) is 0 Å². The first-order valence-corrected chi connectivity index (χ1v) is 3.85. The maximum Gasteiger partial charge on any atom is 0.381 e. The largest absolute Gasteiger partial charge is 0.411 e. The van der Waals surface area contributed by atoms with E-state index in [9.17, 15) is 10.1 Å². The number of oxime groups is 1. The van der Waals surface area contributed by atoms with Crippen LogP contribution >= 0.6 is 0 Å². The van der Waals surface area contributed by atoms with E-state index in [1.165, 1.54) is 23.3 Å². The lowest BCUT2D eigenvalue weighted by Crippen LogP contribution is -2.26. The van der Waals surface area contributed by atoms with Gasteiger partial charge in [-0.1, -0.05) is 5.16 Å². The smallest absolute Gasteiger partial charge is 0.381 e. The van der Waals surface area contributed by atoms with Gasteiger partial charge >= 0.3 is 5.82 Å². The summed E-state index contributed by atoms with van der Waals surface area (Å²) in [5.74, 6) is -0.232. The summed E-state index contributed by atoms with van der Waals surface area (Å²) in [6, 6.07) is 0. The fourth-order valence-electron chi connectivity index (χ4n) is 0.930. The maximum absolute atomic E-state index is 10.3. The van der Waals surface area contributed by atoms with Crippen molar-refractivity contribution in [1.29, 1.82) is 0 Å². The molecule has 0 saturated carbocycles. The highest BCUT2D eigenvalue weighted by molar-refractivity contribution is 5.66. The Morgan fingerprint density at radius 1 is 1.79 bits per heavy atom. The summed E-state index contributed by atoms with van der Waals surface area (Å²) in [6.07, 6.45) is 3.86. The van der Waals surface area contributed by atoms with E-state index < -0.39 is 10.5 Å². The lowest BCUT2D eigenvalue weighted by atomic mass is 10.1. The predicted octanol–water partition coefficient (Wildman–Crippen LogP) is 0.986. The number of hydrogen-bond acceptors (Lipinski definition) is 5. The van der Waals surface area contributed by atoms with Crippen LogP contribution in [-0.2, 0) is 5.54 Å². The van der Waals surface area contributed by atoms with Crippen molar-refractivity contribution >= 4 is 12.0 Å². The molecule has 0 spiro atoms. The summed E-state index contributed by atoms with van der Waals surface area (Å²) in [5, 5.41) is 21.6. The summed E-state index contributed by atoms with van der Waals surface area (Å²) < 4.78 is 1.49. The Bertz CT molecular complexity index is 369. The van der Waals surface area contributed by atoms with Crippen LogP contribution < -0.4 is 0 Å². The van der Waals surface area contributed by atoms with Crippen molar-refractivity contribution in [2.24, 2.45) is 5.16 Å². The van der Waals surface area contributed by atoms with Crippen LogP contribution in [0.4, 0.5) is 5.82 Å². The topological polar surface area (TPSA) is 93.6 Å². The average Bonchev–Trinajstić information content (AvgIpc) is 2.51. The van der Waals surface area contributed by atoms with Crippen LogP contribution in [0.15, 0.2) is 17.7 Å². The Balaban J connectivity index is 3.02. The van der Waals surface area contributed by atoms with E-state index in [4.69, 9.17) is 5.21 Å². The van der Waals surface area contributed by atoms with Crippen LogP contribution in [0.5, 0.6) is 0 Å². The highest BCUT2D eigenvalue weighted by Crippen LogP contribution is 2.16. The number of nitro groups is 1. The quantitative estimate of drug-likeness (QED) is 0.339. The third-order valence-electron chi connectivity index (χ3n) is 1.80. The van der Waals surface area contributed by atoms with Crippen LogP contribution in [0, 0.1) is 10.1 Å². The van der Waals surface area contributed by atoms with E-state index >= 15 is 0 Å². The molecule has 14 heavy (non-hydrogen) atoms. The second-order valence-electron chi connectivity index (χ2n) is 3.29. The summed E-state index contributed by atoms with van der Waals surface area (Å²) in [7, 11) is 0. The molecular formula is C7H10N4O3. The van der Waals surface area contributed by atoms with Crippen molar-refractivity contribution < 1.29 is 10.1 Å². The van der Waals surface area contributed by atoms with Crippen LogP contribution in [-0.4, -0.2) is 25.9 Å². The van der Waals surface area contributed by atoms with Crippen molar-refractivity contribution in [1.82, 2.24) is 9.55 Å². The zero-order chi connectivity index (χ0) is 10.8.